The zero-order valence-corrected chi connectivity index (χ0v) is 15.4. The average molecular weight is 379 g/mol. The van der Waals surface area contributed by atoms with Crippen LogP contribution in [0.25, 0.3) is 0 Å². The molecule has 0 spiro atoms. The van der Waals surface area contributed by atoms with Crippen LogP contribution in [0.3, 0.4) is 0 Å². The number of nitrogens with one attached hydrogen (secondary N) is 2. The molecule has 2 aromatic rings. The highest BCUT2D eigenvalue weighted by Crippen LogP contribution is 2.23. The molecule has 8 heteroatoms. The lowest BCUT2D eigenvalue weighted by molar-refractivity contribution is 0.0517. The Morgan fingerprint density at radius 2 is 1.73 bits per heavy atom. The van der Waals surface area contributed by atoms with Crippen molar-refractivity contribution in [1.82, 2.24) is 4.98 Å². The molecule has 2 rings (SSSR count). The summed E-state index contributed by atoms with van der Waals surface area (Å²) in [5, 5.41) is 3.08. The lowest BCUT2D eigenvalue weighted by Crippen LogP contribution is -2.17. The summed E-state index contributed by atoms with van der Waals surface area (Å²) in [6, 6.07) is 6.55. The van der Waals surface area contributed by atoms with Gasteiger partial charge in [0.25, 0.3) is 5.91 Å². The van der Waals surface area contributed by atoms with Crippen molar-refractivity contribution in [3.05, 3.63) is 51.8 Å². The molecule has 2 N–H and O–H groups in total. The quantitative estimate of drug-likeness (QED) is 0.749. The molecule has 0 atom stereocenters. The van der Waals surface area contributed by atoms with E-state index in [1.807, 2.05) is 0 Å². The maximum atomic E-state index is 12.7. The van der Waals surface area contributed by atoms with Crippen LogP contribution in [-0.4, -0.2) is 36.0 Å². The lowest BCUT2D eigenvalue weighted by Gasteiger charge is -2.07. The van der Waals surface area contributed by atoms with Crippen molar-refractivity contribution in [1.29, 1.82) is 0 Å². The van der Waals surface area contributed by atoms with Gasteiger partial charge in [0.15, 0.2) is 0 Å². The van der Waals surface area contributed by atoms with E-state index in [-0.39, 0.29) is 35.7 Å². The van der Waals surface area contributed by atoms with Gasteiger partial charge in [0, 0.05) is 10.7 Å². The number of hydrogen-bond donors (Lipinski definition) is 2. The van der Waals surface area contributed by atoms with Gasteiger partial charge in [-0.15, -0.1) is 0 Å². The highest BCUT2D eigenvalue weighted by molar-refractivity contribution is 6.31. The van der Waals surface area contributed by atoms with Gasteiger partial charge in [-0.3, -0.25) is 4.79 Å². The van der Waals surface area contributed by atoms with E-state index in [9.17, 15) is 14.4 Å². The number of carbonyl (C=O) groups is 3. The number of hydrogen-bond acceptors (Lipinski definition) is 5. The van der Waals surface area contributed by atoms with Gasteiger partial charge in [0.1, 0.15) is 11.4 Å². The minimum atomic E-state index is -0.701. The smallest absolute Gasteiger partial charge is 0.355 e. The van der Waals surface area contributed by atoms with Gasteiger partial charge in [0.2, 0.25) is 0 Å². The third kappa shape index (κ3) is 4.23. The van der Waals surface area contributed by atoms with Crippen molar-refractivity contribution in [3.8, 4) is 0 Å². The highest BCUT2D eigenvalue weighted by Gasteiger charge is 2.29. The fraction of sp³-hybridized carbons (Fsp3) is 0.278. The molecule has 0 saturated heterocycles. The Bertz CT molecular complexity index is 844. The van der Waals surface area contributed by atoms with Crippen molar-refractivity contribution in [2.75, 3.05) is 18.5 Å². The van der Waals surface area contributed by atoms with Gasteiger partial charge < -0.3 is 19.8 Å². The molecule has 0 aliphatic carbocycles. The molecule has 26 heavy (non-hydrogen) atoms. The van der Waals surface area contributed by atoms with E-state index in [0.717, 1.165) is 0 Å². The first-order valence-corrected chi connectivity index (χ1v) is 8.40. The van der Waals surface area contributed by atoms with Crippen LogP contribution in [0.5, 0.6) is 0 Å². The lowest BCUT2D eigenvalue weighted by atomic mass is 10.1. The maximum absolute atomic E-state index is 12.7. The van der Waals surface area contributed by atoms with Crippen molar-refractivity contribution in [2.24, 2.45) is 0 Å². The monoisotopic (exact) mass is 378 g/mol. The Labute approximate surface area is 155 Å². The second-order valence-corrected chi connectivity index (χ2v) is 5.72. The van der Waals surface area contributed by atoms with Crippen LogP contribution >= 0.6 is 11.6 Å². The molecule has 0 saturated carbocycles. The van der Waals surface area contributed by atoms with Gasteiger partial charge in [-0.25, -0.2) is 9.59 Å². The molecule has 7 nitrogen and oxygen atoms in total. The summed E-state index contributed by atoms with van der Waals surface area (Å²) in [5.41, 5.74) is 0.685. The minimum absolute atomic E-state index is 0.00516. The predicted molar refractivity (Wildman–Crippen MR) is 96.8 cm³/mol. The van der Waals surface area contributed by atoms with Gasteiger partial charge in [-0.2, -0.15) is 0 Å². The zero-order chi connectivity index (χ0) is 19.3. The van der Waals surface area contributed by atoms with E-state index < -0.39 is 17.8 Å². The van der Waals surface area contributed by atoms with Crippen LogP contribution in [0, 0.1) is 6.92 Å². The number of amides is 1. The fourth-order valence-corrected chi connectivity index (χ4v) is 2.58. The largest absolute Gasteiger partial charge is 0.462 e. The van der Waals surface area contributed by atoms with Crippen molar-refractivity contribution < 1.29 is 23.9 Å². The molecule has 0 aliphatic rings. The maximum Gasteiger partial charge on any atom is 0.355 e. The average Bonchev–Trinajstić information content (AvgIpc) is 2.93. The van der Waals surface area contributed by atoms with E-state index in [1.165, 1.54) is 0 Å². The number of anilines is 1. The summed E-state index contributed by atoms with van der Waals surface area (Å²) in [4.78, 5) is 39.7. The Balaban J connectivity index is 2.44. The standard InChI is InChI=1S/C18H19ClN2O5/c1-4-25-17(23)13-10(3)14(18(24)26-5-2)21-15(13)16(22)20-12-8-6-7-11(19)9-12/h6-9,21H,4-5H2,1-3H3,(H,20,22). The fourth-order valence-electron chi connectivity index (χ4n) is 2.39. The number of rotatable bonds is 6. The first-order valence-electron chi connectivity index (χ1n) is 8.02. The topological polar surface area (TPSA) is 97.5 Å². The van der Waals surface area contributed by atoms with Gasteiger partial charge in [0.05, 0.1) is 18.8 Å². The Morgan fingerprint density at radius 3 is 2.35 bits per heavy atom. The molecule has 0 radical (unpaired) electrons. The summed E-state index contributed by atoms with van der Waals surface area (Å²) in [7, 11) is 0. The van der Waals surface area contributed by atoms with E-state index in [0.29, 0.717) is 10.7 Å². The second kappa shape index (κ2) is 8.53. The predicted octanol–water partition coefficient (Wildman–Crippen LogP) is 3.58. The summed E-state index contributed by atoms with van der Waals surface area (Å²) in [5.74, 6) is -1.96. The summed E-state index contributed by atoms with van der Waals surface area (Å²) in [6.07, 6.45) is 0. The molecule has 1 aromatic heterocycles. The van der Waals surface area contributed by atoms with E-state index >= 15 is 0 Å². The second-order valence-electron chi connectivity index (χ2n) is 5.28. The molecule has 0 unspecified atom stereocenters. The Morgan fingerprint density at radius 1 is 1.08 bits per heavy atom. The number of H-pyrrole nitrogens is 1. The van der Waals surface area contributed by atoms with Crippen LogP contribution in [-0.2, 0) is 9.47 Å². The van der Waals surface area contributed by atoms with E-state index in [1.54, 1.807) is 45.0 Å². The number of aromatic amines is 1. The Hall–Kier alpha value is -2.80. The van der Waals surface area contributed by atoms with E-state index in [2.05, 4.69) is 10.3 Å². The van der Waals surface area contributed by atoms with Crippen molar-refractivity contribution in [3.63, 3.8) is 0 Å². The Kier molecular flexibility index (Phi) is 6.41. The zero-order valence-electron chi connectivity index (χ0n) is 14.6. The molecule has 1 amide bonds. The molecule has 1 heterocycles. The van der Waals surface area contributed by atoms with Crippen LogP contribution < -0.4 is 5.32 Å². The molecule has 1 aromatic carbocycles. The molecule has 0 aliphatic heterocycles. The van der Waals surface area contributed by atoms with Crippen LogP contribution in [0.2, 0.25) is 5.02 Å². The minimum Gasteiger partial charge on any atom is -0.462 e. The van der Waals surface area contributed by atoms with E-state index in [4.69, 9.17) is 21.1 Å². The van der Waals surface area contributed by atoms with Gasteiger partial charge >= 0.3 is 11.9 Å². The van der Waals surface area contributed by atoms with Crippen LogP contribution in [0.4, 0.5) is 5.69 Å². The number of esters is 2. The first-order chi connectivity index (χ1) is 12.4. The molecule has 0 fully saturated rings. The summed E-state index contributed by atoms with van der Waals surface area (Å²) in [6.45, 7) is 5.15. The number of benzene rings is 1. The molecule has 138 valence electrons. The third-order valence-electron chi connectivity index (χ3n) is 3.52. The number of carbonyl (C=O) groups excluding carboxylic acids is 3. The SMILES string of the molecule is CCOC(=O)c1[nH]c(C(=O)Nc2cccc(Cl)c2)c(C(=O)OCC)c1C. The summed E-state index contributed by atoms with van der Waals surface area (Å²) >= 11 is 5.91. The normalized spacial score (nSPS) is 10.3. The third-order valence-corrected chi connectivity index (χ3v) is 3.75. The number of aromatic nitrogens is 1. The first kappa shape index (κ1) is 19.5. The number of ether oxygens (including phenoxy) is 2. The number of halogens is 1. The summed E-state index contributed by atoms with van der Waals surface area (Å²) < 4.78 is 9.97. The van der Waals surface area contributed by atoms with Gasteiger partial charge in [-0.05, 0) is 44.5 Å². The molecular weight excluding hydrogens is 360 g/mol. The van der Waals surface area contributed by atoms with Crippen molar-refractivity contribution >= 4 is 35.1 Å². The van der Waals surface area contributed by atoms with Crippen LogP contribution in [0.15, 0.2) is 24.3 Å². The van der Waals surface area contributed by atoms with Crippen LogP contribution in [0.1, 0.15) is 50.7 Å². The van der Waals surface area contributed by atoms with Gasteiger partial charge in [-0.1, -0.05) is 17.7 Å². The van der Waals surface area contributed by atoms with Crippen molar-refractivity contribution in [2.45, 2.75) is 20.8 Å². The highest BCUT2D eigenvalue weighted by atomic mass is 35.5. The molecular formula is C18H19ClN2O5. The molecule has 0 bridgehead atoms.